The summed E-state index contributed by atoms with van der Waals surface area (Å²) in [5.74, 6) is 0. The van der Waals surface area contributed by atoms with E-state index in [9.17, 15) is 0 Å². The molecule has 0 aliphatic rings. The third-order valence-electron chi connectivity index (χ3n) is 2.13. The molecule has 1 nitrogen and oxygen atoms in total. The normalized spacial score (nSPS) is 13.4. The SMILES string of the molecule is CC(c1ccc(Cl)cc1)N(C)C. The standard InChI is InChI=1S/C10H14ClN/c1-8(12(2)3)9-4-6-10(11)7-5-9/h4-8H,1-3H3. The van der Waals surface area contributed by atoms with Crippen LogP contribution in [0.2, 0.25) is 5.02 Å². The number of nitrogens with zero attached hydrogens (tertiary/aromatic N) is 1. The fourth-order valence-corrected chi connectivity index (χ4v) is 1.17. The summed E-state index contributed by atoms with van der Waals surface area (Å²) in [4.78, 5) is 2.17. The molecule has 1 rings (SSSR count). The van der Waals surface area contributed by atoms with Gasteiger partial charge in [0, 0.05) is 11.1 Å². The van der Waals surface area contributed by atoms with Crippen LogP contribution in [0.25, 0.3) is 0 Å². The van der Waals surface area contributed by atoms with Crippen molar-refractivity contribution in [2.75, 3.05) is 14.1 Å². The molecule has 0 bridgehead atoms. The molecular formula is C10H14ClN. The van der Waals surface area contributed by atoms with Crippen molar-refractivity contribution in [1.82, 2.24) is 4.90 Å². The van der Waals surface area contributed by atoms with Crippen molar-refractivity contribution in [2.24, 2.45) is 0 Å². The van der Waals surface area contributed by atoms with Crippen LogP contribution in [0.5, 0.6) is 0 Å². The summed E-state index contributed by atoms with van der Waals surface area (Å²) in [5, 5.41) is 0.796. The van der Waals surface area contributed by atoms with Crippen molar-refractivity contribution in [3.05, 3.63) is 34.9 Å². The predicted octanol–water partition coefficient (Wildman–Crippen LogP) is 2.96. The molecule has 0 amide bonds. The molecule has 1 aromatic carbocycles. The van der Waals surface area contributed by atoms with E-state index in [1.807, 2.05) is 12.1 Å². The van der Waals surface area contributed by atoms with Crippen LogP contribution < -0.4 is 0 Å². The second-order valence-corrected chi connectivity index (χ2v) is 3.63. The fraction of sp³-hybridized carbons (Fsp3) is 0.400. The van der Waals surface area contributed by atoms with E-state index in [-0.39, 0.29) is 0 Å². The van der Waals surface area contributed by atoms with Gasteiger partial charge in [0.2, 0.25) is 0 Å². The lowest BCUT2D eigenvalue weighted by Gasteiger charge is -2.19. The Kier molecular flexibility index (Phi) is 3.12. The molecule has 0 spiro atoms. The van der Waals surface area contributed by atoms with Crippen LogP contribution in [-0.4, -0.2) is 19.0 Å². The van der Waals surface area contributed by atoms with Gasteiger partial charge in [0.15, 0.2) is 0 Å². The van der Waals surface area contributed by atoms with Crippen LogP contribution in [0.4, 0.5) is 0 Å². The number of hydrogen-bond donors (Lipinski definition) is 0. The smallest absolute Gasteiger partial charge is 0.0406 e. The maximum absolute atomic E-state index is 5.78. The highest BCUT2D eigenvalue weighted by molar-refractivity contribution is 6.30. The minimum Gasteiger partial charge on any atom is -0.303 e. The first-order valence-corrected chi connectivity index (χ1v) is 4.41. The zero-order valence-electron chi connectivity index (χ0n) is 7.71. The lowest BCUT2D eigenvalue weighted by molar-refractivity contribution is 0.321. The first-order chi connectivity index (χ1) is 5.61. The van der Waals surface area contributed by atoms with E-state index in [0.717, 1.165) is 5.02 Å². The molecule has 1 atom stereocenters. The monoisotopic (exact) mass is 183 g/mol. The molecule has 0 N–H and O–H groups in total. The maximum Gasteiger partial charge on any atom is 0.0406 e. The molecule has 0 heterocycles. The van der Waals surface area contributed by atoms with E-state index in [2.05, 4.69) is 38.1 Å². The van der Waals surface area contributed by atoms with E-state index < -0.39 is 0 Å². The molecule has 0 saturated carbocycles. The highest BCUT2D eigenvalue weighted by Crippen LogP contribution is 2.19. The van der Waals surface area contributed by atoms with Gasteiger partial charge < -0.3 is 4.90 Å². The summed E-state index contributed by atoms with van der Waals surface area (Å²) < 4.78 is 0. The summed E-state index contributed by atoms with van der Waals surface area (Å²) in [6, 6.07) is 8.43. The van der Waals surface area contributed by atoms with Crippen LogP contribution >= 0.6 is 11.6 Å². The average Bonchev–Trinajstić information content (AvgIpc) is 2.04. The van der Waals surface area contributed by atoms with Crippen molar-refractivity contribution in [2.45, 2.75) is 13.0 Å². The van der Waals surface area contributed by atoms with Crippen LogP contribution in [0.15, 0.2) is 24.3 Å². The van der Waals surface area contributed by atoms with Crippen molar-refractivity contribution < 1.29 is 0 Å². The largest absolute Gasteiger partial charge is 0.303 e. The average molecular weight is 184 g/mol. The minimum absolute atomic E-state index is 0.447. The van der Waals surface area contributed by atoms with Gasteiger partial charge in [-0.3, -0.25) is 0 Å². The first kappa shape index (κ1) is 9.56. The Hall–Kier alpha value is -0.530. The Morgan fingerprint density at radius 2 is 1.67 bits per heavy atom. The topological polar surface area (TPSA) is 3.24 Å². The van der Waals surface area contributed by atoms with E-state index in [4.69, 9.17) is 11.6 Å². The molecule has 0 aromatic heterocycles. The third-order valence-corrected chi connectivity index (χ3v) is 2.38. The van der Waals surface area contributed by atoms with Gasteiger partial charge in [-0.05, 0) is 38.7 Å². The highest BCUT2D eigenvalue weighted by Gasteiger charge is 2.05. The quantitative estimate of drug-likeness (QED) is 0.682. The number of halogens is 1. The van der Waals surface area contributed by atoms with E-state index in [1.165, 1.54) is 5.56 Å². The van der Waals surface area contributed by atoms with Crippen LogP contribution in [-0.2, 0) is 0 Å². The molecule has 2 heteroatoms. The second-order valence-electron chi connectivity index (χ2n) is 3.19. The molecule has 0 aliphatic heterocycles. The third kappa shape index (κ3) is 2.23. The van der Waals surface area contributed by atoms with Crippen LogP contribution in [0, 0.1) is 0 Å². The van der Waals surface area contributed by atoms with Gasteiger partial charge in [-0.2, -0.15) is 0 Å². The molecule has 0 fully saturated rings. The Bertz CT molecular complexity index is 241. The van der Waals surface area contributed by atoms with Gasteiger partial charge in [-0.25, -0.2) is 0 Å². The van der Waals surface area contributed by atoms with Crippen molar-refractivity contribution in [3.63, 3.8) is 0 Å². The highest BCUT2D eigenvalue weighted by atomic mass is 35.5. The molecular weight excluding hydrogens is 170 g/mol. The second kappa shape index (κ2) is 3.92. The molecule has 0 saturated heterocycles. The molecule has 0 radical (unpaired) electrons. The molecule has 1 unspecified atom stereocenters. The number of hydrogen-bond acceptors (Lipinski definition) is 1. The summed E-state index contributed by atoms with van der Waals surface area (Å²) in [7, 11) is 4.14. The first-order valence-electron chi connectivity index (χ1n) is 4.03. The maximum atomic E-state index is 5.78. The zero-order valence-corrected chi connectivity index (χ0v) is 8.47. The Labute approximate surface area is 79.0 Å². The van der Waals surface area contributed by atoms with Gasteiger partial charge in [-0.15, -0.1) is 0 Å². The lowest BCUT2D eigenvalue weighted by atomic mass is 10.1. The molecule has 0 aliphatic carbocycles. The van der Waals surface area contributed by atoms with Gasteiger partial charge >= 0.3 is 0 Å². The number of rotatable bonds is 2. The number of benzene rings is 1. The van der Waals surface area contributed by atoms with Gasteiger partial charge in [0.25, 0.3) is 0 Å². The summed E-state index contributed by atoms with van der Waals surface area (Å²) in [6.45, 7) is 2.17. The lowest BCUT2D eigenvalue weighted by Crippen LogP contribution is -2.16. The van der Waals surface area contributed by atoms with Crippen LogP contribution in [0.1, 0.15) is 18.5 Å². The van der Waals surface area contributed by atoms with E-state index in [1.54, 1.807) is 0 Å². The fourth-order valence-electron chi connectivity index (χ4n) is 1.04. The molecule has 12 heavy (non-hydrogen) atoms. The summed E-state index contributed by atoms with van der Waals surface area (Å²) >= 11 is 5.78. The van der Waals surface area contributed by atoms with Gasteiger partial charge in [0.05, 0.1) is 0 Å². The Balaban J connectivity index is 2.82. The Morgan fingerprint density at radius 3 is 2.08 bits per heavy atom. The summed E-state index contributed by atoms with van der Waals surface area (Å²) in [5.41, 5.74) is 1.30. The van der Waals surface area contributed by atoms with E-state index >= 15 is 0 Å². The zero-order chi connectivity index (χ0) is 9.14. The van der Waals surface area contributed by atoms with E-state index in [0.29, 0.717) is 6.04 Å². The Morgan fingerprint density at radius 1 is 1.17 bits per heavy atom. The van der Waals surface area contributed by atoms with Gasteiger partial charge in [0.1, 0.15) is 0 Å². The predicted molar refractivity (Wildman–Crippen MR) is 53.6 cm³/mol. The van der Waals surface area contributed by atoms with Crippen LogP contribution in [0.3, 0.4) is 0 Å². The van der Waals surface area contributed by atoms with Crippen molar-refractivity contribution >= 4 is 11.6 Å². The van der Waals surface area contributed by atoms with Gasteiger partial charge in [-0.1, -0.05) is 23.7 Å². The molecule has 1 aromatic rings. The van der Waals surface area contributed by atoms with Crippen molar-refractivity contribution in [3.8, 4) is 0 Å². The summed E-state index contributed by atoms with van der Waals surface area (Å²) in [6.07, 6.45) is 0. The molecule has 66 valence electrons. The van der Waals surface area contributed by atoms with Crippen molar-refractivity contribution in [1.29, 1.82) is 0 Å². The minimum atomic E-state index is 0.447.